The van der Waals surface area contributed by atoms with E-state index in [1.807, 2.05) is 0 Å². The fourth-order valence-electron chi connectivity index (χ4n) is 10.7. The van der Waals surface area contributed by atoms with Crippen LogP contribution in [0, 0.1) is 0 Å². The summed E-state index contributed by atoms with van der Waals surface area (Å²) in [5.74, 6) is 0. The summed E-state index contributed by atoms with van der Waals surface area (Å²) in [5.41, 5.74) is 20.9. The molecule has 2 nitrogen and oxygen atoms in total. The molecule has 0 saturated heterocycles. The molecule has 13 aromatic rings. The summed E-state index contributed by atoms with van der Waals surface area (Å²) in [6.07, 6.45) is 0. The predicted octanol–water partition coefficient (Wildman–Crippen LogP) is 19.4. The average Bonchev–Trinajstić information content (AvgIpc) is 3.80. The summed E-state index contributed by atoms with van der Waals surface area (Å²) in [6, 6.07) is 106. The van der Waals surface area contributed by atoms with Crippen LogP contribution < -0.4 is 4.90 Å². The van der Waals surface area contributed by atoms with Crippen molar-refractivity contribution in [2.75, 3.05) is 4.90 Å². The lowest BCUT2D eigenvalue weighted by Gasteiger charge is -2.28. The number of para-hydroxylation sites is 2. The van der Waals surface area contributed by atoms with E-state index in [4.69, 9.17) is 0 Å². The first kappa shape index (κ1) is 42.6. The van der Waals surface area contributed by atoms with Crippen LogP contribution in [0.15, 0.2) is 291 Å². The number of aromatic nitrogens is 1. The largest absolute Gasteiger partial charge is 0.310 e. The van der Waals surface area contributed by atoms with Gasteiger partial charge in [0.15, 0.2) is 0 Å². The lowest BCUT2D eigenvalue weighted by Crippen LogP contribution is -2.11. The molecule has 12 aromatic carbocycles. The van der Waals surface area contributed by atoms with Crippen LogP contribution in [-0.2, 0) is 0 Å². The first-order valence-electron chi connectivity index (χ1n) is 24.7. The lowest BCUT2D eigenvalue weighted by molar-refractivity contribution is 1.18. The number of anilines is 3. The number of hydrogen-bond donors (Lipinski definition) is 0. The second-order valence-electron chi connectivity index (χ2n) is 18.5. The maximum atomic E-state index is 2.46. The second-order valence-corrected chi connectivity index (χ2v) is 18.5. The molecule has 0 saturated carbocycles. The van der Waals surface area contributed by atoms with Crippen molar-refractivity contribution in [2.45, 2.75) is 0 Å². The van der Waals surface area contributed by atoms with Gasteiger partial charge in [0.2, 0.25) is 0 Å². The van der Waals surface area contributed by atoms with Crippen LogP contribution in [0.2, 0.25) is 0 Å². The van der Waals surface area contributed by atoms with Gasteiger partial charge in [0, 0.05) is 33.4 Å². The van der Waals surface area contributed by atoms with Crippen LogP contribution in [0.4, 0.5) is 17.1 Å². The molecule has 0 aliphatic heterocycles. The van der Waals surface area contributed by atoms with Crippen LogP contribution in [0.25, 0.3) is 105 Å². The van der Waals surface area contributed by atoms with Gasteiger partial charge in [-0.25, -0.2) is 0 Å². The molecule has 2 heteroatoms. The van der Waals surface area contributed by atoms with Gasteiger partial charge >= 0.3 is 0 Å². The van der Waals surface area contributed by atoms with Gasteiger partial charge in [-0.2, -0.15) is 0 Å². The number of nitrogens with zero attached hydrogens (tertiary/aromatic N) is 2. The van der Waals surface area contributed by atoms with E-state index < -0.39 is 0 Å². The molecule has 72 heavy (non-hydrogen) atoms. The van der Waals surface area contributed by atoms with Crippen molar-refractivity contribution in [3.8, 4) is 72.4 Å². The summed E-state index contributed by atoms with van der Waals surface area (Å²) in [5, 5.41) is 4.94. The number of rotatable bonds is 10. The van der Waals surface area contributed by atoms with Gasteiger partial charge < -0.3 is 9.47 Å². The van der Waals surface area contributed by atoms with Crippen LogP contribution >= 0.6 is 0 Å². The fourth-order valence-corrected chi connectivity index (χ4v) is 10.7. The SMILES string of the molecule is c1ccc(-c2ccc3c4c(-c5cccc(N(c6ccc(-c7ccc(-c8cccc9ccccc89)cc7)cc6)c6ccccc6-c6ccccc6)c5)cc(-c5ccccc5)cc4n(-c4ccccc4)c3c2)cc1. The van der Waals surface area contributed by atoms with Gasteiger partial charge in [0.05, 0.1) is 16.7 Å². The Kier molecular flexibility index (Phi) is 10.9. The normalized spacial score (nSPS) is 11.3. The van der Waals surface area contributed by atoms with Crippen LogP contribution in [0.5, 0.6) is 0 Å². The highest BCUT2D eigenvalue weighted by atomic mass is 15.1. The third kappa shape index (κ3) is 7.82. The van der Waals surface area contributed by atoms with Gasteiger partial charge in [-0.3, -0.25) is 0 Å². The first-order valence-corrected chi connectivity index (χ1v) is 24.7. The van der Waals surface area contributed by atoms with Gasteiger partial charge in [-0.15, -0.1) is 0 Å². The topological polar surface area (TPSA) is 8.17 Å². The molecule has 1 aromatic heterocycles. The molecule has 0 amide bonds. The minimum Gasteiger partial charge on any atom is -0.310 e. The highest BCUT2D eigenvalue weighted by Gasteiger charge is 2.22. The Hall–Kier alpha value is -9.50. The quantitative estimate of drug-likeness (QED) is 0.133. The molecule has 1 heterocycles. The average molecular weight is 917 g/mol. The van der Waals surface area contributed by atoms with Crippen LogP contribution in [0.1, 0.15) is 0 Å². The third-order valence-corrected chi connectivity index (χ3v) is 14.2. The summed E-state index contributed by atoms with van der Waals surface area (Å²) >= 11 is 0. The molecule has 0 N–H and O–H groups in total. The van der Waals surface area contributed by atoms with Gasteiger partial charge in [0.1, 0.15) is 0 Å². The molecule has 0 aliphatic carbocycles. The van der Waals surface area contributed by atoms with Gasteiger partial charge in [-0.1, -0.05) is 231 Å². The van der Waals surface area contributed by atoms with Crippen molar-refractivity contribution >= 4 is 49.6 Å². The van der Waals surface area contributed by atoms with E-state index in [0.29, 0.717) is 0 Å². The van der Waals surface area contributed by atoms with E-state index in [2.05, 4.69) is 301 Å². The Morgan fingerprint density at radius 1 is 0.250 bits per heavy atom. The Labute approximate surface area is 420 Å². The fraction of sp³-hybridized carbons (Fsp3) is 0. The molecule has 13 rings (SSSR count). The summed E-state index contributed by atoms with van der Waals surface area (Å²) in [4.78, 5) is 2.43. The molecule has 0 aliphatic rings. The Morgan fingerprint density at radius 2 is 0.750 bits per heavy atom. The molecule has 0 bridgehead atoms. The monoisotopic (exact) mass is 916 g/mol. The molecular weight excluding hydrogens is 869 g/mol. The first-order chi connectivity index (χ1) is 35.7. The minimum atomic E-state index is 1.07. The maximum absolute atomic E-state index is 2.46. The van der Waals surface area contributed by atoms with Crippen LogP contribution in [0.3, 0.4) is 0 Å². The van der Waals surface area contributed by atoms with Crippen molar-refractivity contribution in [2.24, 2.45) is 0 Å². The predicted molar refractivity (Wildman–Crippen MR) is 306 cm³/mol. The number of benzene rings is 12. The van der Waals surface area contributed by atoms with Crippen molar-refractivity contribution in [1.29, 1.82) is 0 Å². The Balaban J connectivity index is 0.982. The number of hydrogen-bond acceptors (Lipinski definition) is 1. The van der Waals surface area contributed by atoms with E-state index >= 15 is 0 Å². The summed E-state index contributed by atoms with van der Waals surface area (Å²) in [6.45, 7) is 0. The van der Waals surface area contributed by atoms with Crippen molar-refractivity contribution in [1.82, 2.24) is 4.57 Å². The molecule has 0 radical (unpaired) electrons. The van der Waals surface area contributed by atoms with Gasteiger partial charge in [-0.05, 0) is 133 Å². The lowest BCUT2D eigenvalue weighted by atomic mass is 9.93. The summed E-state index contributed by atoms with van der Waals surface area (Å²) in [7, 11) is 0. The molecule has 0 unspecified atom stereocenters. The van der Waals surface area contributed by atoms with Crippen molar-refractivity contribution in [3.63, 3.8) is 0 Å². The second kappa shape index (κ2) is 18.4. The highest BCUT2D eigenvalue weighted by molar-refractivity contribution is 6.18. The van der Waals surface area contributed by atoms with E-state index in [0.717, 1.165) is 45.0 Å². The molecule has 338 valence electrons. The zero-order valence-electron chi connectivity index (χ0n) is 39.6. The molecular formula is C70H48N2. The zero-order valence-corrected chi connectivity index (χ0v) is 39.6. The zero-order chi connectivity index (χ0) is 47.8. The highest BCUT2D eigenvalue weighted by Crippen LogP contribution is 2.46. The third-order valence-electron chi connectivity index (χ3n) is 14.2. The summed E-state index contributed by atoms with van der Waals surface area (Å²) < 4.78 is 2.46. The van der Waals surface area contributed by atoms with Gasteiger partial charge in [0.25, 0.3) is 0 Å². The molecule has 0 fully saturated rings. The van der Waals surface area contributed by atoms with Crippen LogP contribution in [-0.4, -0.2) is 4.57 Å². The van der Waals surface area contributed by atoms with Crippen molar-refractivity contribution < 1.29 is 0 Å². The molecule has 0 spiro atoms. The smallest absolute Gasteiger partial charge is 0.0553 e. The standard InChI is InChI=1S/C70H48N2/c1-5-19-49(20-6-1)56-41-44-65-68(47-56)72(59-28-11-4-12-29-59)69-48-58(50-21-7-2-8-22-50)46-66(70(65)69)57-27-17-30-61(45-57)71(67-34-16-15-32-64(67)54-23-9-3-10-24-54)60-42-39-52(40-43-60)51-35-37-55(38-36-51)63-33-18-26-53-25-13-14-31-62(53)63/h1-48H. The maximum Gasteiger partial charge on any atom is 0.0553 e. The number of fused-ring (bicyclic) bond motifs is 4. The van der Waals surface area contributed by atoms with E-state index in [1.54, 1.807) is 0 Å². The minimum absolute atomic E-state index is 1.07. The Bertz CT molecular complexity index is 4040. The molecule has 0 atom stereocenters. The van der Waals surface area contributed by atoms with Crippen molar-refractivity contribution in [3.05, 3.63) is 291 Å². The van der Waals surface area contributed by atoms with E-state index in [9.17, 15) is 0 Å². The van der Waals surface area contributed by atoms with E-state index in [-0.39, 0.29) is 0 Å². The van der Waals surface area contributed by atoms with E-state index in [1.165, 1.54) is 77.1 Å². The Morgan fingerprint density at radius 3 is 1.49 bits per heavy atom.